The van der Waals surface area contributed by atoms with E-state index < -0.39 is 91.5 Å². The summed E-state index contributed by atoms with van der Waals surface area (Å²) in [5.74, 6) is -1.61. The van der Waals surface area contributed by atoms with Crippen LogP contribution in [-0.4, -0.2) is 95.9 Å². The molecule has 4 N–H and O–H groups in total. The summed E-state index contributed by atoms with van der Waals surface area (Å²) in [7, 11) is -9.79. The molecule has 18 heteroatoms. The van der Waals surface area contributed by atoms with E-state index >= 15 is 0 Å². The Balaban J connectivity index is 4.51. The van der Waals surface area contributed by atoms with Crippen molar-refractivity contribution in [2.24, 2.45) is 0 Å². The van der Waals surface area contributed by atoms with Crippen molar-refractivity contribution in [3.8, 4) is 0 Å². The average molecular weight is 1400 g/mol. The maximum Gasteiger partial charge on any atom is 0.472 e. The summed E-state index contributed by atoms with van der Waals surface area (Å²) in [6.07, 6.45) is 85.0. The fraction of sp³-hybridized carbons (Fsp3) is 0.684. The molecule has 0 bridgehead atoms. The zero-order valence-electron chi connectivity index (χ0n) is 60.5. The van der Waals surface area contributed by atoms with Crippen molar-refractivity contribution >= 4 is 33.6 Å². The molecule has 97 heavy (non-hydrogen) atoms. The topological polar surface area (TPSA) is 231 Å². The number of allylic oxidation sites excluding steroid dienone is 22. The molecule has 0 radical (unpaired) electrons. The molecule has 0 spiro atoms. The first kappa shape index (κ1) is 92.7. The fourth-order valence-corrected chi connectivity index (χ4v) is 11.3. The van der Waals surface area contributed by atoms with Crippen molar-refractivity contribution in [2.45, 2.75) is 309 Å². The van der Waals surface area contributed by atoms with Crippen LogP contribution in [-0.2, 0) is 55.8 Å². The highest BCUT2D eigenvalue weighted by molar-refractivity contribution is 7.47. The standard InChI is InChI=1S/C79H134O16P2/c1-4-7-10-13-16-19-22-25-27-29-31-32-33-34-35-36-37-38-39-40-42-44-45-48-50-53-56-59-62-65-77(82)89-68-74(80)69-91-96(85,86)92-70-75(81)71-93-97(87,88)94-73-76(95-79(84)67-64-61-58-55-52-47-24-21-18-15-12-9-6-3)72-90-78(83)66-63-60-57-54-51-49-46-43-41-30-28-26-23-20-17-14-11-8-5-2/h7-8,10-11,16-17,19-21,24-28,31-32,34-35,37-38,41,43,74-76,80-81H,4-6,9,12-15,18,22-23,29-30,33,36,39-40,42,44-73H2,1-3H3,(H,85,86)(H,87,88)/b10-7-,11-8-,19-16-,20-17-,24-21-,27-25-,28-26-,32-31-,35-34-,38-37-,43-41-. The van der Waals surface area contributed by atoms with Crippen LogP contribution in [0, 0.1) is 0 Å². The van der Waals surface area contributed by atoms with Gasteiger partial charge in [-0.3, -0.25) is 32.5 Å². The average Bonchev–Trinajstić information content (AvgIpc) is 1.64. The van der Waals surface area contributed by atoms with Gasteiger partial charge >= 0.3 is 33.6 Å². The number of hydrogen-bond acceptors (Lipinski definition) is 14. The number of aliphatic hydroxyl groups is 2. The maximum absolute atomic E-state index is 12.9. The van der Waals surface area contributed by atoms with E-state index in [1.165, 1.54) is 57.8 Å². The minimum atomic E-state index is -4.93. The molecule has 16 nitrogen and oxygen atoms in total. The summed E-state index contributed by atoms with van der Waals surface area (Å²) in [5, 5.41) is 20.6. The summed E-state index contributed by atoms with van der Waals surface area (Å²) >= 11 is 0. The van der Waals surface area contributed by atoms with Crippen LogP contribution in [0.5, 0.6) is 0 Å². The molecule has 0 saturated heterocycles. The summed E-state index contributed by atoms with van der Waals surface area (Å²) in [4.78, 5) is 58.5. The molecule has 0 aromatic heterocycles. The van der Waals surface area contributed by atoms with Gasteiger partial charge in [0.2, 0.25) is 0 Å². The second-order valence-corrected chi connectivity index (χ2v) is 27.6. The zero-order chi connectivity index (χ0) is 70.9. The molecule has 0 heterocycles. The Hall–Kier alpha value is -4.31. The van der Waals surface area contributed by atoms with E-state index in [1.54, 1.807) is 0 Å². The Labute approximate surface area is 588 Å². The van der Waals surface area contributed by atoms with Crippen molar-refractivity contribution in [1.82, 2.24) is 0 Å². The highest BCUT2D eigenvalue weighted by Gasteiger charge is 2.29. The van der Waals surface area contributed by atoms with E-state index in [4.69, 9.17) is 32.3 Å². The van der Waals surface area contributed by atoms with Gasteiger partial charge in [0.25, 0.3) is 0 Å². The molecule has 0 aliphatic rings. The van der Waals surface area contributed by atoms with Gasteiger partial charge in [-0.15, -0.1) is 0 Å². The SMILES string of the molecule is CC/C=C\C/C=C\C/C=C\C/C=C\C/C=C\C/C=C\CCCCCCCCCCCCC(=O)OCC(O)COP(=O)(O)OCC(O)COP(=O)(O)OCC(COC(=O)CCCCCCCC/C=C\C/C=C\C/C=C\C/C=C\CC)OC(=O)CCCCCCC/C=C\CCCCCC. The first-order valence-corrected chi connectivity index (χ1v) is 40.5. The van der Waals surface area contributed by atoms with Gasteiger partial charge in [0.05, 0.1) is 26.4 Å². The smallest absolute Gasteiger partial charge is 0.463 e. The molecule has 0 aliphatic heterocycles. The van der Waals surface area contributed by atoms with Crippen LogP contribution in [0.4, 0.5) is 0 Å². The molecule has 0 amide bonds. The Bertz CT molecular complexity index is 2300. The molecule has 0 saturated carbocycles. The molecule has 0 aliphatic carbocycles. The lowest BCUT2D eigenvalue weighted by Crippen LogP contribution is -2.30. The monoisotopic (exact) mass is 1400 g/mol. The second kappa shape index (κ2) is 71.5. The minimum Gasteiger partial charge on any atom is -0.463 e. The summed E-state index contributed by atoms with van der Waals surface area (Å²) in [6.45, 7) is 2.40. The van der Waals surface area contributed by atoms with E-state index in [2.05, 4.69) is 154 Å². The van der Waals surface area contributed by atoms with Gasteiger partial charge in [-0.05, 0) is 135 Å². The number of aliphatic hydroxyl groups excluding tert-OH is 2. The van der Waals surface area contributed by atoms with E-state index in [0.717, 1.165) is 173 Å². The summed E-state index contributed by atoms with van der Waals surface area (Å²) < 4.78 is 61.0. The number of ether oxygens (including phenoxy) is 3. The number of hydrogen-bond donors (Lipinski definition) is 4. The van der Waals surface area contributed by atoms with E-state index in [-0.39, 0.29) is 19.3 Å². The third-order valence-electron chi connectivity index (χ3n) is 15.3. The minimum absolute atomic E-state index is 0.0890. The van der Waals surface area contributed by atoms with Gasteiger partial charge in [-0.25, -0.2) is 9.13 Å². The number of carbonyl (C=O) groups excluding carboxylic acids is 3. The zero-order valence-corrected chi connectivity index (χ0v) is 62.2. The van der Waals surface area contributed by atoms with Crippen molar-refractivity contribution < 1.29 is 75.8 Å². The van der Waals surface area contributed by atoms with Crippen molar-refractivity contribution in [2.75, 3.05) is 39.6 Å². The maximum atomic E-state index is 12.9. The lowest BCUT2D eigenvalue weighted by atomic mass is 10.1. The molecule has 5 unspecified atom stereocenters. The third kappa shape index (κ3) is 72.8. The van der Waals surface area contributed by atoms with E-state index in [9.17, 15) is 43.5 Å². The number of phosphoric acid groups is 2. The van der Waals surface area contributed by atoms with Crippen LogP contribution in [0.15, 0.2) is 134 Å². The Morgan fingerprint density at radius 1 is 0.299 bits per heavy atom. The predicted octanol–water partition coefficient (Wildman–Crippen LogP) is 21.5. The molecule has 0 aromatic rings. The van der Waals surface area contributed by atoms with Gasteiger partial charge in [-0.2, -0.15) is 0 Å². The molecular formula is C79H134O16P2. The van der Waals surface area contributed by atoms with Crippen LogP contribution in [0.3, 0.4) is 0 Å². The lowest BCUT2D eigenvalue weighted by Gasteiger charge is -2.21. The summed E-state index contributed by atoms with van der Waals surface area (Å²) in [5.41, 5.74) is 0. The van der Waals surface area contributed by atoms with E-state index in [1.807, 2.05) is 0 Å². The first-order chi connectivity index (χ1) is 47.2. The van der Waals surface area contributed by atoms with Crippen LogP contribution < -0.4 is 0 Å². The number of phosphoric ester groups is 2. The van der Waals surface area contributed by atoms with Crippen LogP contribution >= 0.6 is 15.6 Å². The summed E-state index contributed by atoms with van der Waals surface area (Å²) in [6, 6.07) is 0. The largest absolute Gasteiger partial charge is 0.472 e. The van der Waals surface area contributed by atoms with Crippen LogP contribution in [0.2, 0.25) is 0 Å². The van der Waals surface area contributed by atoms with Gasteiger partial charge in [0.1, 0.15) is 25.4 Å². The van der Waals surface area contributed by atoms with Crippen LogP contribution in [0.25, 0.3) is 0 Å². The Morgan fingerprint density at radius 3 is 0.876 bits per heavy atom. The molecule has 556 valence electrons. The highest BCUT2D eigenvalue weighted by atomic mass is 31.2. The van der Waals surface area contributed by atoms with Crippen molar-refractivity contribution in [1.29, 1.82) is 0 Å². The molecule has 0 rings (SSSR count). The number of esters is 3. The first-order valence-electron chi connectivity index (χ1n) is 37.5. The molecule has 0 fully saturated rings. The molecule has 5 atom stereocenters. The van der Waals surface area contributed by atoms with E-state index in [0.29, 0.717) is 19.3 Å². The van der Waals surface area contributed by atoms with Gasteiger partial charge in [0.15, 0.2) is 6.10 Å². The highest BCUT2D eigenvalue weighted by Crippen LogP contribution is 2.45. The second-order valence-electron chi connectivity index (χ2n) is 24.7. The number of rotatable bonds is 70. The number of carbonyl (C=O) groups is 3. The molecular weight excluding hydrogens is 1270 g/mol. The predicted molar refractivity (Wildman–Crippen MR) is 399 cm³/mol. The third-order valence-corrected chi connectivity index (χ3v) is 17.2. The quantitative estimate of drug-likeness (QED) is 0.0146. The Morgan fingerprint density at radius 2 is 0.546 bits per heavy atom. The van der Waals surface area contributed by atoms with Crippen molar-refractivity contribution in [3.63, 3.8) is 0 Å². The Kier molecular flexibility index (Phi) is 68.3. The molecule has 0 aromatic carbocycles. The van der Waals surface area contributed by atoms with Gasteiger partial charge in [-0.1, -0.05) is 270 Å². The fourth-order valence-electron chi connectivity index (χ4n) is 9.68. The van der Waals surface area contributed by atoms with Crippen molar-refractivity contribution in [3.05, 3.63) is 134 Å². The van der Waals surface area contributed by atoms with Gasteiger partial charge in [0, 0.05) is 19.3 Å². The lowest BCUT2D eigenvalue weighted by molar-refractivity contribution is -0.161. The number of unbranched alkanes of at least 4 members (excludes halogenated alkanes) is 25. The van der Waals surface area contributed by atoms with Crippen LogP contribution in [0.1, 0.15) is 290 Å². The van der Waals surface area contributed by atoms with Gasteiger partial charge < -0.3 is 34.2 Å². The normalized spacial score (nSPS) is 14.8.